The number of rotatable bonds is 3. The van der Waals surface area contributed by atoms with Crippen molar-refractivity contribution in [3.63, 3.8) is 0 Å². The van der Waals surface area contributed by atoms with Gasteiger partial charge in [-0.3, -0.25) is 4.79 Å². The van der Waals surface area contributed by atoms with Gasteiger partial charge in [0.15, 0.2) is 0 Å². The Bertz CT molecular complexity index is 580. The normalized spacial score (nSPS) is 10.3. The minimum Gasteiger partial charge on any atom is -0.508 e. The molecule has 0 bridgehead atoms. The van der Waals surface area contributed by atoms with E-state index in [-0.39, 0.29) is 17.2 Å². The highest BCUT2D eigenvalue weighted by Crippen LogP contribution is 2.21. The Balaban J connectivity index is 2.08. The van der Waals surface area contributed by atoms with Crippen LogP contribution in [0.4, 0.5) is 0 Å². The van der Waals surface area contributed by atoms with Gasteiger partial charge in [-0.15, -0.1) is 0 Å². The number of hydrogen-bond acceptors (Lipinski definition) is 3. The van der Waals surface area contributed by atoms with Crippen LogP contribution in [0.15, 0.2) is 29.0 Å². The Morgan fingerprint density at radius 3 is 2.89 bits per heavy atom. The van der Waals surface area contributed by atoms with Crippen molar-refractivity contribution in [2.75, 3.05) is 0 Å². The van der Waals surface area contributed by atoms with Crippen LogP contribution in [-0.2, 0) is 6.54 Å². The van der Waals surface area contributed by atoms with Crippen molar-refractivity contribution in [2.24, 2.45) is 0 Å². The minimum absolute atomic E-state index is 0.0243. The van der Waals surface area contributed by atoms with Crippen LogP contribution < -0.4 is 5.32 Å². The summed E-state index contributed by atoms with van der Waals surface area (Å²) < 4.78 is 0. The summed E-state index contributed by atoms with van der Waals surface area (Å²) >= 11 is 7.52. The molecule has 1 amide bonds. The first-order valence-electron chi connectivity index (χ1n) is 5.36. The molecular formula is C13H12ClNO2S. The predicted molar refractivity (Wildman–Crippen MR) is 73.3 cm³/mol. The summed E-state index contributed by atoms with van der Waals surface area (Å²) in [5, 5.41) is 16.5. The SMILES string of the molecule is Cc1cscc1CNC(=O)c1cc(O)ccc1Cl. The first-order valence-corrected chi connectivity index (χ1v) is 6.68. The second-order valence-corrected chi connectivity index (χ2v) is 5.08. The second-order valence-electron chi connectivity index (χ2n) is 3.93. The van der Waals surface area contributed by atoms with E-state index in [9.17, 15) is 9.90 Å². The van der Waals surface area contributed by atoms with Gasteiger partial charge < -0.3 is 10.4 Å². The highest BCUT2D eigenvalue weighted by atomic mass is 35.5. The molecule has 0 spiro atoms. The molecule has 2 aromatic rings. The van der Waals surface area contributed by atoms with Gasteiger partial charge in [0.05, 0.1) is 10.6 Å². The third kappa shape index (κ3) is 2.83. The number of nitrogens with one attached hydrogen (secondary N) is 1. The average Bonchev–Trinajstić information content (AvgIpc) is 2.75. The van der Waals surface area contributed by atoms with Crippen LogP contribution in [0.25, 0.3) is 0 Å². The number of carbonyl (C=O) groups is 1. The number of aromatic hydroxyl groups is 1. The van der Waals surface area contributed by atoms with Crippen LogP contribution >= 0.6 is 22.9 Å². The van der Waals surface area contributed by atoms with Gasteiger partial charge in [0.25, 0.3) is 5.91 Å². The second kappa shape index (κ2) is 5.42. The number of carbonyl (C=O) groups excluding carboxylic acids is 1. The molecule has 1 aromatic carbocycles. The molecule has 5 heteroatoms. The van der Waals surface area contributed by atoms with Crippen molar-refractivity contribution in [1.82, 2.24) is 5.32 Å². The molecule has 2 rings (SSSR count). The van der Waals surface area contributed by atoms with Gasteiger partial charge in [-0.25, -0.2) is 0 Å². The molecule has 0 aliphatic rings. The largest absolute Gasteiger partial charge is 0.508 e. The first kappa shape index (κ1) is 12.9. The summed E-state index contributed by atoms with van der Waals surface area (Å²) in [6.45, 7) is 2.46. The zero-order chi connectivity index (χ0) is 13.1. The minimum atomic E-state index is -0.290. The molecular weight excluding hydrogens is 270 g/mol. The molecule has 1 heterocycles. The van der Waals surface area contributed by atoms with Crippen LogP contribution in [0.1, 0.15) is 21.5 Å². The molecule has 0 aliphatic heterocycles. The lowest BCUT2D eigenvalue weighted by Crippen LogP contribution is -2.23. The zero-order valence-electron chi connectivity index (χ0n) is 9.74. The van der Waals surface area contributed by atoms with E-state index in [0.29, 0.717) is 11.6 Å². The molecule has 94 valence electrons. The maximum absolute atomic E-state index is 11.9. The number of hydrogen-bond donors (Lipinski definition) is 2. The van der Waals surface area contributed by atoms with E-state index >= 15 is 0 Å². The van der Waals surface area contributed by atoms with Crippen LogP contribution in [0.2, 0.25) is 5.02 Å². The number of aryl methyl sites for hydroxylation is 1. The van der Waals surface area contributed by atoms with Gasteiger partial charge in [-0.05, 0) is 47.0 Å². The van der Waals surface area contributed by atoms with E-state index in [1.54, 1.807) is 11.3 Å². The maximum Gasteiger partial charge on any atom is 0.253 e. The Morgan fingerprint density at radius 1 is 1.44 bits per heavy atom. The van der Waals surface area contributed by atoms with Crippen molar-refractivity contribution in [3.8, 4) is 5.75 Å². The summed E-state index contributed by atoms with van der Waals surface area (Å²) in [5.74, 6) is -0.266. The standard InChI is InChI=1S/C13H12ClNO2S/c1-8-6-18-7-9(8)5-15-13(17)11-4-10(16)2-3-12(11)14/h2-4,6-7,16H,5H2,1H3,(H,15,17). The third-order valence-electron chi connectivity index (χ3n) is 2.60. The van der Waals surface area contributed by atoms with Gasteiger partial charge >= 0.3 is 0 Å². The summed E-state index contributed by atoms with van der Waals surface area (Å²) in [6.07, 6.45) is 0. The summed E-state index contributed by atoms with van der Waals surface area (Å²) in [6, 6.07) is 4.31. The van der Waals surface area contributed by atoms with Crippen molar-refractivity contribution in [1.29, 1.82) is 0 Å². The molecule has 0 fully saturated rings. The van der Waals surface area contributed by atoms with E-state index < -0.39 is 0 Å². The summed E-state index contributed by atoms with van der Waals surface area (Å²) in [4.78, 5) is 11.9. The highest BCUT2D eigenvalue weighted by molar-refractivity contribution is 7.08. The molecule has 0 atom stereocenters. The number of phenols is 1. The van der Waals surface area contributed by atoms with Crippen molar-refractivity contribution >= 4 is 28.8 Å². The molecule has 0 unspecified atom stereocenters. The van der Waals surface area contributed by atoms with Gasteiger partial charge in [0.1, 0.15) is 5.75 Å². The molecule has 18 heavy (non-hydrogen) atoms. The van der Waals surface area contributed by atoms with Gasteiger partial charge in [-0.2, -0.15) is 11.3 Å². The fourth-order valence-electron chi connectivity index (χ4n) is 1.53. The highest BCUT2D eigenvalue weighted by Gasteiger charge is 2.11. The average molecular weight is 282 g/mol. The summed E-state index contributed by atoms with van der Waals surface area (Å²) in [5.41, 5.74) is 2.52. The van der Waals surface area contributed by atoms with E-state index in [4.69, 9.17) is 11.6 Å². The monoisotopic (exact) mass is 281 g/mol. The fourth-order valence-corrected chi connectivity index (χ4v) is 2.59. The third-order valence-corrected chi connectivity index (χ3v) is 3.84. The predicted octanol–water partition coefficient (Wildman–Crippen LogP) is 3.35. The number of amides is 1. The van der Waals surface area contributed by atoms with Crippen LogP contribution in [-0.4, -0.2) is 11.0 Å². The Kier molecular flexibility index (Phi) is 3.89. The maximum atomic E-state index is 11.9. The molecule has 2 N–H and O–H groups in total. The molecule has 1 aromatic heterocycles. The molecule has 0 aliphatic carbocycles. The molecule has 3 nitrogen and oxygen atoms in total. The van der Waals surface area contributed by atoms with Crippen LogP contribution in [0.3, 0.4) is 0 Å². The van der Waals surface area contributed by atoms with Crippen molar-refractivity contribution in [3.05, 3.63) is 50.7 Å². The van der Waals surface area contributed by atoms with Crippen molar-refractivity contribution < 1.29 is 9.90 Å². The van der Waals surface area contributed by atoms with E-state index in [1.165, 1.54) is 18.2 Å². The van der Waals surface area contributed by atoms with Crippen LogP contribution in [0.5, 0.6) is 5.75 Å². The topological polar surface area (TPSA) is 49.3 Å². The lowest BCUT2D eigenvalue weighted by Gasteiger charge is -2.07. The lowest BCUT2D eigenvalue weighted by atomic mass is 10.2. The number of thiophene rings is 1. The number of benzene rings is 1. The molecule has 0 saturated carbocycles. The Morgan fingerprint density at radius 2 is 2.22 bits per heavy atom. The quantitative estimate of drug-likeness (QED) is 0.906. The fraction of sp³-hybridized carbons (Fsp3) is 0.154. The lowest BCUT2D eigenvalue weighted by molar-refractivity contribution is 0.0950. The summed E-state index contributed by atoms with van der Waals surface area (Å²) in [7, 11) is 0. The Labute approximate surface area is 114 Å². The zero-order valence-corrected chi connectivity index (χ0v) is 11.3. The Hall–Kier alpha value is -1.52. The van der Waals surface area contributed by atoms with E-state index in [1.807, 2.05) is 17.7 Å². The number of phenolic OH excluding ortho intramolecular Hbond substituents is 1. The van der Waals surface area contributed by atoms with Gasteiger partial charge in [0.2, 0.25) is 0 Å². The van der Waals surface area contributed by atoms with Crippen molar-refractivity contribution in [2.45, 2.75) is 13.5 Å². The van der Waals surface area contributed by atoms with Crippen LogP contribution in [0, 0.1) is 6.92 Å². The van der Waals surface area contributed by atoms with E-state index in [0.717, 1.165) is 11.1 Å². The number of halogens is 1. The van der Waals surface area contributed by atoms with Gasteiger partial charge in [0, 0.05) is 6.54 Å². The van der Waals surface area contributed by atoms with E-state index in [2.05, 4.69) is 5.32 Å². The first-order chi connectivity index (χ1) is 8.58. The molecule has 0 saturated heterocycles. The van der Waals surface area contributed by atoms with Gasteiger partial charge in [-0.1, -0.05) is 11.6 Å². The molecule has 0 radical (unpaired) electrons. The smallest absolute Gasteiger partial charge is 0.253 e.